The van der Waals surface area contributed by atoms with Crippen molar-refractivity contribution in [3.8, 4) is 0 Å². The molecule has 3 aromatic rings. The minimum absolute atomic E-state index is 0.207. The fraction of sp³-hybridized carbons (Fsp3) is 0.222. The second-order valence-electron chi connectivity index (χ2n) is 5.94. The molecule has 0 saturated heterocycles. The number of aryl methyl sites for hydroxylation is 1. The molecule has 0 aliphatic carbocycles. The van der Waals surface area contributed by atoms with Crippen LogP contribution in [0.1, 0.15) is 35.2 Å². The van der Waals surface area contributed by atoms with E-state index in [4.69, 9.17) is 0 Å². The van der Waals surface area contributed by atoms with Crippen LogP contribution in [0.4, 0.5) is 5.95 Å². The van der Waals surface area contributed by atoms with Crippen LogP contribution in [-0.2, 0) is 0 Å². The number of hydrogen-bond donors (Lipinski definition) is 1. The molecule has 4 rings (SSSR count). The van der Waals surface area contributed by atoms with Gasteiger partial charge in [-0.2, -0.15) is 10.1 Å². The average Bonchev–Trinajstić information content (AvgIpc) is 3.04. The lowest BCUT2D eigenvalue weighted by Crippen LogP contribution is -2.28. The van der Waals surface area contributed by atoms with Gasteiger partial charge in [0.05, 0.1) is 12.1 Å². The summed E-state index contributed by atoms with van der Waals surface area (Å²) < 4.78 is 3.24. The Hall–Kier alpha value is -1.89. The monoisotopic (exact) mass is 416 g/mol. The van der Waals surface area contributed by atoms with Crippen molar-refractivity contribution in [2.75, 3.05) is 5.32 Å². The maximum atomic E-state index is 4.42. The molecule has 1 N–H and O–H groups in total. The summed E-state index contributed by atoms with van der Waals surface area (Å²) in [7, 11) is 0. The van der Waals surface area contributed by atoms with Gasteiger partial charge in [-0.1, -0.05) is 42.0 Å². The van der Waals surface area contributed by atoms with Crippen molar-refractivity contribution in [1.82, 2.24) is 14.8 Å². The van der Waals surface area contributed by atoms with Gasteiger partial charge in [0, 0.05) is 3.57 Å². The van der Waals surface area contributed by atoms with E-state index in [1.54, 1.807) is 6.33 Å². The summed E-state index contributed by atoms with van der Waals surface area (Å²) in [6.45, 7) is 2.11. The fourth-order valence-corrected chi connectivity index (χ4v) is 3.46. The third-order valence-electron chi connectivity index (χ3n) is 4.37. The summed E-state index contributed by atoms with van der Waals surface area (Å²) >= 11 is 2.34. The van der Waals surface area contributed by atoms with Crippen molar-refractivity contribution in [1.29, 1.82) is 0 Å². The Morgan fingerprint density at radius 2 is 1.74 bits per heavy atom. The second-order valence-corrected chi connectivity index (χ2v) is 7.18. The molecule has 2 atom stereocenters. The Labute approximate surface area is 149 Å². The van der Waals surface area contributed by atoms with Gasteiger partial charge >= 0.3 is 0 Å². The van der Waals surface area contributed by atoms with E-state index >= 15 is 0 Å². The Balaban J connectivity index is 1.71. The SMILES string of the molecule is Cc1ccc(C2CC(c3ccc(I)cc3)Nc3ncnn32)cc1. The van der Waals surface area contributed by atoms with Gasteiger partial charge in [-0.3, -0.25) is 0 Å². The second kappa shape index (κ2) is 5.96. The average molecular weight is 416 g/mol. The van der Waals surface area contributed by atoms with Crippen LogP contribution in [0.3, 0.4) is 0 Å². The van der Waals surface area contributed by atoms with E-state index < -0.39 is 0 Å². The van der Waals surface area contributed by atoms with Gasteiger partial charge in [0.1, 0.15) is 6.33 Å². The molecular weight excluding hydrogens is 399 g/mol. The highest BCUT2D eigenvalue weighted by Gasteiger charge is 2.29. The van der Waals surface area contributed by atoms with Crippen molar-refractivity contribution in [2.45, 2.75) is 25.4 Å². The van der Waals surface area contributed by atoms with Gasteiger partial charge in [-0.15, -0.1) is 0 Å². The van der Waals surface area contributed by atoms with Gasteiger partial charge in [0.2, 0.25) is 5.95 Å². The maximum Gasteiger partial charge on any atom is 0.222 e. The highest BCUT2D eigenvalue weighted by molar-refractivity contribution is 14.1. The van der Waals surface area contributed by atoms with Crippen LogP contribution in [0.15, 0.2) is 54.9 Å². The number of nitrogens with zero attached hydrogens (tertiary/aromatic N) is 3. The van der Waals surface area contributed by atoms with Crippen molar-refractivity contribution in [2.24, 2.45) is 0 Å². The molecule has 0 fully saturated rings. The molecule has 0 saturated carbocycles. The Kier molecular flexibility index (Phi) is 3.80. The first-order valence-corrected chi connectivity index (χ1v) is 8.76. The zero-order chi connectivity index (χ0) is 15.8. The van der Waals surface area contributed by atoms with E-state index in [1.165, 1.54) is 20.3 Å². The topological polar surface area (TPSA) is 42.7 Å². The zero-order valence-corrected chi connectivity index (χ0v) is 14.9. The molecule has 0 amide bonds. The van der Waals surface area contributed by atoms with Crippen molar-refractivity contribution in [3.05, 3.63) is 75.1 Å². The molecule has 2 unspecified atom stereocenters. The van der Waals surface area contributed by atoms with Crippen LogP contribution >= 0.6 is 22.6 Å². The van der Waals surface area contributed by atoms with Crippen LogP contribution in [0.2, 0.25) is 0 Å². The first-order valence-electron chi connectivity index (χ1n) is 7.69. The van der Waals surface area contributed by atoms with Gasteiger partial charge in [-0.05, 0) is 59.2 Å². The largest absolute Gasteiger partial charge is 0.348 e. The number of rotatable bonds is 2. The third-order valence-corrected chi connectivity index (χ3v) is 5.08. The minimum Gasteiger partial charge on any atom is -0.348 e. The number of halogens is 1. The predicted octanol–water partition coefficient (Wildman–Crippen LogP) is 4.34. The first-order chi connectivity index (χ1) is 11.2. The molecule has 1 aliphatic rings. The quantitative estimate of drug-likeness (QED) is 0.633. The summed E-state index contributed by atoms with van der Waals surface area (Å²) in [6.07, 6.45) is 2.58. The number of fused-ring (bicyclic) bond motifs is 1. The van der Waals surface area contributed by atoms with Gasteiger partial charge in [0.25, 0.3) is 0 Å². The molecule has 0 spiro atoms. The number of anilines is 1. The smallest absolute Gasteiger partial charge is 0.222 e. The number of hydrogen-bond acceptors (Lipinski definition) is 3. The lowest BCUT2D eigenvalue weighted by molar-refractivity contribution is 0.431. The maximum absolute atomic E-state index is 4.42. The zero-order valence-electron chi connectivity index (χ0n) is 12.8. The minimum atomic E-state index is 0.207. The molecule has 116 valence electrons. The summed E-state index contributed by atoms with van der Waals surface area (Å²) in [5, 5.41) is 7.93. The lowest BCUT2D eigenvalue weighted by Gasteiger charge is -2.32. The number of benzene rings is 2. The van der Waals surface area contributed by atoms with Crippen LogP contribution in [0.5, 0.6) is 0 Å². The summed E-state index contributed by atoms with van der Waals surface area (Å²) in [4.78, 5) is 4.38. The predicted molar refractivity (Wildman–Crippen MR) is 99.5 cm³/mol. The van der Waals surface area contributed by atoms with Crippen molar-refractivity contribution >= 4 is 28.5 Å². The van der Waals surface area contributed by atoms with Gasteiger partial charge < -0.3 is 5.32 Å². The molecule has 1 aliphatic heterocycles. The molecule has 0 radical (unpaired) electrons. The normalized spacial score (nSPS) is 19.9. The Morgan fingerprint density at radius 1 is 1.04 bits per heavy atom. The fourth-order valence-electron chi connectivity index (χ4n) is 3.10. The molecule has 2 heterocycles. The van der Waals surface area contributed by atoms with E-state index in [-0.39, 0.29) is 12.1 Å². The van der Waals surface area contributed by atoms with Crippen molar-refractivity contribution < 1.29 is 0 Å². The number of aromatic nitrogens is 3. The van der Waals surface area contributed by atoms with Crippen LogP contribution < -0.4 is 5.32 Å². The molecule has 4 nitrogen and oxygen atoms in total. The highest BCUT2D eigenvalue weighted by atomic mass is 127. The highest BCUT2D eigenvalue weighted by Crippen LogP contribution is 2.37. The molecule has 5 heteroatoms. The van der Waals surface area contributed by atoms with Crippen LogP contribution in [-0.4, -0.2) is 14.8 Å². The van der Waals surface area contributed by atoms with Crippen LogP contribution in [0, 0.1) is 10.5 Å². The Bertz CT molecular complexity index is 808. The number of nitrogens with one attached hydrogen (secondary N) is 1. The molecule has 0 bridgehead atoms. The third kappa shape index (κ3) is 2.85. The molecule has 2 aromatic carbocycles. The van der Waals surface area contributed by atoms with Crippen molar-refractivity contribution in [3.63, 3.8) is 0 Å². The van der Waals surface area contributed by atoms with E-state index in [2.05, 4.69) is 93.4 Å². The summed E-state index contributed by atoms with van der Waals surface area (Å²) in [5.74, 6) is 0.838. The summed E-state index contributed by atoms with van der Waals surface area (Å²) in [5.41, 5.74) is 3.84. The standard InChI is InChI=1S/C18H17IN4/c1-12-2-4-14(5-3-12)17-10-16(13-6-8-15(19)9-7-13)22-18-20-11-21-23(17)18/h2-9,11,16-17H,10H2,1H3,(H,20,21,22). The molecular formula is C18H17IN4. The van der Waals surface area contributed by atoms with Gasteiger partial charge in [-0.25, -0.2) is 4.68 Å². The van der Waals surface area contributed by atoms with E-state index in [1.807, 2.05) is 4.68 Å². The van der Waals surface area contributed by atoms with E-state index in [9.17, 15) is 0 Å². The Morgan fingerprint density at radius 3 is 2.48 bits per heavy atom. The van der Waals surface area contributed by atoms with Crippen LogP contribution in [0.25, 0.3) is 0 Å². The molecule has 1 aromatic heterocycles. The lowest BCUT2D eigenvalue weighted by atomic mass is 9.93. The molecule has 23 heavy (non-hydrogen) atoms. The van der Waals surface area contributed by atoms with Gasteiger partial charge in [0.15, 0.2) is 0 Å². The first kappa shape index (κ1) is 14.7. The van der Waals surface area contributed by atoms with E-state index in [0.29, 0.717) is 0 Å². The summed E-state index contributed by atoms with van der Waals surface area (Å²) in [6, 6.07) is 17.9. The van der Waals surface area contributed by atoms with E-state index in [0.717, 1.165) is 12.4 Å².